The Balaban J connectivity index is 2.60. The van der Waals surface area contributed by atoms with Gasteiger partial charge >= 0.3 is 5.97 Å². The summed E-state index contributed by atoms with van der Waals surface area (Å²) in [6.45, 7) is 14.8. The first-order valence-electron chi connectivity index (χ1n) is 15.2. The Labute approximate surface area is 254 Å². The summed E-state index contributed by atoms with van der Waals surface area (Å²) in [5.41, 5.74) is 0.582. The molecule has 0 saturated carbocycles. The third kappa shape index (κ3) is 11.6. The van der Waals surface area contributed by atoms with E-state index in [0.29, 0.717) is 5.56 Å². The minimum absolute atomic E-state index is 0.00599. The molecular weight excluding hydrogens is 555 g/mol. The van der Waals surface area contributed by atoms with Gasteiger partial charge in [0.2, 0.25) is 17.7 Å². The molecule has 4 amide bonds. The number of rotatable bonds is 9. The summed E-state index contributed by atoms with van der Waals surface area (Å²) < 4.78 is 19.3. The van der Waals surface area contributed by atoms with Crippen LogP contribution in [0.25, 0.3) is 0 Å². The van der Waals surface area contributed by atoms with Gasteiger partial charge in [0, 0.05) is 6.42 Å². The van der Waals surface area contributed by atoms with Crippen molar-refractivity contribution >= 4 is 29.6 Å². The van der Waals surface area contributed by atoms with E-state index < -0.39 is 65.7 Å². The first-order chi connectivity index (χ1) is 20.1. The van der Waals surface area contributed by atoms with Crippen molar-refractivity contribution in [3.8, 4) is 0 Å². The number of cyclic esters (lactones) is 1. The van der Waals surface area contributed by atoms with Crippen molar-refractivity contribution in [2.45, 2.75) is 111 Å². The summed E-state index contributed by atoms with van der Waals surface area (Å²) in [7, 11) is 0. The van der Waals surface area contributed by atoms with Gasteiger partial charge in [-0.05, 0) is 60.6 Å². The Morgan fingerprint density at radius 3 is 1.65 bits per heavy atom. The largest absolute Gasteiger partial charge is 0.451 e. The van der Waals surface area contributed by atoms with Gasteiger partial charge in [-0.3, -0.25) is 19.2 Å². The second kappa shape index (κ2) is 16.4. The zero-order chi connectivity index (χ0) is 32.4. The van der Waals surface area contributed by atoms with E-state index in [9.17, 15) is 28.4 Å². The third-order valence-electron chi connectivity index (χ3n) is 7.12. The molecule has 1 aliphatic heterocycles. The van der Waals surface area contributed by atoms with Gasteiger partial charge in [0.1, 0.15) is 30.0 Å². The Morgan fingerprint density at radius 1 is 0.628 bits per heavy atom. The maximum Gasteiger partial charge on any atom is 0.329 e. The van der Waals surface area contributed by atoms with Crippen molar-refractivity contribution < 1.29 is 33.1 Å². The first kappa shape index (κ1) is 35.7. The molecule has 0 aromatic heterocycles. The van der Waals surface area contributed by atoms with E-state index in [-0.39, 0.29) is 49.4 Å². The van der Waals surface area contributed by atoms with Crippen molar-refractivity contribution in [2.24, 2.45) is 23.7 Å². The minimum atomic E-state index is -1.19. The molecule has 1 aromatic carbocycles. The van der Waals surface area contributed by atoms with Crippen molar-refractivity contribution in [3.63, 3.8) is 0 Å². The SMILES string of the molecule is CC(C)C[C@@H]1NC(=O)[C@H](C(C)C)NC(=O)[C@H](CC(C)C)OC(=O)[C@H](CC(C)C)NC(=O)[C@H](Cc2ccc(F)cc2)NC1=O. The predicted octanol–water partition coefficient (Wildman–Crippen LogP) is 3.03. The molecule has 1 fully saturated rings. The summed E-state index contributed by atoms with van der Waals surface area (Å²) in [6.07, 6.45) is -0.486. The number of carbonyl (C=O) groups is 5. The second-order valence-electron chi connectivity index (χ2n) is 13.1. The fraction of sp³-hybridized carbons (Fsp3) is 0.656. The second-order valence-corrected chi connectivity index (χ2v) is 13.1. The van der Waals surface area contributed by atoms with E-state index >= 15 is 0 Å². The molecular formula is C32H49FN4O6. The van der Waals surface area contributed by atoms with Gasteiger partial charge in [-0.15, -0.1) is 0 Å². The van der Waals surface area contributed by atoms with Gasteiger partial charge in [0.25, 0.3) is 5.91 Å². The molecule has 0 radical (unpaired) electrons. The molecule has 1 aromatic rings. The Hall–Kier alpha value is -3.50. The van der Waals surface area contributed by atoms with Gasteiger partial charge in [-0.25, -0.2) is 9.18 Å². The standard InChI is InChI=1S/C32H49FN4O6/c1-17(2)13-23-28(38)34-24(16-21-9-11-22(33)12-10-21)29(39)36-25(14-18(3)4)32(42)43-26(15-19(5)6)30(40)37-27(20(7)8)31(41)35-23/h9-12,17-20,23-27H,13-16H2,1-8H3,(H,34,38)(H,35,41)(H,36,39)(H,37,40)/t23-,24-,25-,26-,27-/m0/s1. The molecule has 5 atom stereocenters. The smallest absolute Gasteiger partial charge is 0.329 e. The molecule has 2 rings (SSSR count). The molecule has 43 heavy (non-hydrogen) atoms. The quantitative estimate of drug-likeness (QED) is 0.319. The lowest BCUT2D eigenvalue weighted by Crippen LogP contribution is -2.59. The summed E-state index contributed by atoms with van der Waals surface area (Å²) in [6, 6.07) is 1.28. The van der Waals surface area contributed by atoms with Crippen LogP contribution in [0.2, 0.25) is 0 Å². The number of benzene rings is 1. The van der Waals surface area contributed by atoms with E-state index in [2.05, 4.69) is 21.3 Å². The zero-order valence-corrected chi connectivity index (χ0v) is 26.7. The van der Waals surface area contributed by atoms with Crippen molar-refractivity contribution in [2.75, 3.05) is 0 Å². The maximum atomic E-state index is 13.7. The van der Waals surface area contributed by atoms with Gasteiger partial charge in [-0.1, -0.05) is 67.5 Å². The number of nitrogens with one attached hydrogen (secondary N) is 4. The highest BCUT2D eigenvalue weighted by Gasteiger charge is 2.37. The average Bonchev–Trinajstić information content (AvgIpc) is 2.89. The highest BCUT2D eigenvalue weighted by molar-refractivity contribution is 5.96. The van der Waals surface area contributed by atoms with Crippen molar-refractivity contribution in [1.82, 2.24) is 21.3 Å². The maximum absolute atomic E-state index is 13.7. The topological polar surface area (TPSA) is 143 Å². The van der Waals surface area contributed by atoms with E-state index in [1.807, 2.05) is 41.5 Å². The van der Waals surface area contributed by atoms with Crippen molar-refractivity contribution in [1.29, 1.82) is 0 Å². The summed E-state index contributed by atoms with van der Waals surface area (Å²) in [5, 5.41) is 11.0. The lowest BCUT2D eigenvalue weighted by molar-refractivity contribution is -0.160. The minimum Gasteiger partial charge on any atom is -0.451 e. The molecule has 1 aliphatic rings. The first-order valence-corrected chi connectivity index (χ1v) is 15.2. The van der Waals surface area contributed by atoms with Crippen LogP contribution in [-0.2, 0) is 35.1 Å². The Bertz CT molecular complexity index is 1120. The molecule has 4 N–H and O–H groups in total. The fourth-order valence-electron chi connectivity index (χ4n) is 4.90. The molecule has 0 spiro atoms. The lowest BCUT2D eigenvalue weighted by atomic mass is 9.98. The van der Waals surface area contributed by atoms with E-state index in [4.69, 9.17) is 4.74 Å². The summed E-state index contributed by atoms with van der Waals surface area (Å²) in [5.74, 6) is -4.04. The van der Waals surface area contributed by atoms with Crippen LogP contribution in [0.5, 0.6) is 0 Å². The highest BCUT2D eigenvalue weighted by Crippen LogP contribution is 2.16. The summed E-state index contributed by atoms with van der Waals surface area (Å²) >= 11 is 0. The Morgan fingerprint density at radius 2 is 1.12 bits per heavy atom. The average molecular weight is 605 g/mol. The number of amides is 4. The van der Waals surface area contributed by atoms with Crippen LogP contribution in [0.1, 0.15) is 80.2 Å². The molecule has 0 aliphatic carbocycles. The number of ether oxygens (including phenoxy) is 1. The number of hydrogen-bond donors (Lipinski definition) is 4. The van der Waals surface area contributed by atoms with Gasteiger partial charge in [-0.2, -0.15) is 0 Å². The predicted molar refractivity (Wildman–Crippen MR) is 161 cm³/mol. The molecule has 240 valence electrons. The molecule has 11 heteroatoms. The van der Waals surface area contributed by atoms with Gasteiger partial charge < -0.3 is 26.0 Å². The molecule has 0 unspecified atom stereocenters. The van der Waals surface area contributed by atoms with E-state index in [1.165, 1.54) is 24.3 Å². The number of carbonyl (C=O) groups excluding carboxylic acids is 5. The van der Waals surface area contributed by atoms with Gasteiger partial charge in [0.15, 0.2) is 6.10 Å². The normalized spacial score (nSPS) is 24.7. The Kier molecular flexibility index (Phi) is 13.6. The molecule has 1 saturated heterocycles. The van der Waals surface area contributed by atoms with Crippen LogP contribution in [0.15, 0.2) is 24.3 Å². The molecule has 1 heterocycles. The zero-order valence-electron chi connectivity index (χ0n) is 26.7. The number of esters is 1. The van der Waals surface area contributed by atoms with E-state index in [0.717, 1.165) is 0 Å². The number of halogens is 1. The van der Waals surface area contributed by atoms with Gasteiger partial charge in [0.05, 0.1) is 0 Å². The van der Waals surface area contributed by atoms with Crippen molar-refractivity contribution in [3.05, 3.63) is 35.6 Å². The lowest BCUT2D eigenvalue weighted by Gasteiger charge is -2.28. The van der Waals surface area contributed by atoms with Crippen LogP contribution in [-0.4, -0.2) is 59.9 Å². The molecule has 10 nitrogen and oxygen atoms in total. The van der Waals surface area contributed by atoms with Crippen LogP contribution in [0.4, 0.5) is 4.39 Å². The van der Waals surface area contributed by atoms with Crippen LogP contribution in [0, 0.1) is 29.5 Å². The number of hydrogen-bond acceptors (Lipinski definition) is 6. The van der Waals surface area contributed by atoms with Crippen LogP contribution >= 0.6 is 0 Å². The monoisotopic (exact) mass is 604 g/mol. The van der Waals surface area contributed by atoms with E-state index in [1.54, 1.807) is 13.8 Å². The molecule has 0 bridgehead atoms. The summed E-state index contributed by atoms with van der Waals surface area (Å²) in [4.78, 5) is 67.7. The fourth-order valence-corrected chi connectivity index (χ4v) is 4.90. The van der Waals surface area contributed by atoms with Crippen LogP contribution in [0.3, 0.4) is 0 Å². The third-order valence-corrected chi connectivity index (χ3v) is 7.12. The van der Waals surface area contributed by atoms with Crippen LogP contribution < -0.4 is 21.3 Å². The highest BCUT2D eigenvalue weighted by atomic mass is 19.1.